The number of benzene rings is 2. The first-order chi connectivity index (χ1) is 9.96. The predicted molar refractivity (Wildman–Crippen MR) is 80.9 cm³/mol. The Balaban J connectivity index is 1.97. The summed E-state index contributed by atoms with van der Waals surface area (Å²) in [5.41, 5.74) is 7.03. The van der Waals surface area contributed by atoms with Crippen LogP contribution in [0.1, 0.15) is 21.5 Å². The smallest absolute Gasteiger partial charge is 0.248 e. The Morgan fingerprint density at radius 2 is 1.57 bits per heavy atom. The van der Waals surface area contributed by atoms with Gasteiger partial charge in [0.25, 0.3) is 0 Å². The van der Waals surface area contributed by atoms with Crippen LogP contribution >= 0.6 is 0 Å². The van der Waals surface area contributed by atoms with E-state index in [1.807, 2.05) is 6.07 Å². The molecule has 3 N–H and O–H groups in total. The highest BCUT2D eigenvalue weighted by atomic mass is 32.2. The van der Waals surface area contributed by atoms with E-state index in [0.29, 0.717) is 5.56 Å². The van der Waals surface area contributed by atoms with Crippen molar-refractivity contribution in [3.05, 3.63) is 71.3 Å². The molecule has 0 fully saturated rings. The Morgan fingerprint density at radius 3 is 2.14 bits per heavy atom. The number of carbonyl (C=O) groups excluding carboxylic acids is 1. The van der Waals surface area contributed by atoms with Crippen LogP contribution in [0.5, 0.6) is 0 Å². The quantitative estimate of drug-likeness (QED) is 0.845. The van der Waals surface area contributed by atoms with Crippen molar-refractivity contribution in [3.8, 4) is 0 Å². The maximum absolute atomic E-state index is 12.0. The first kappa shape index (κ1) is 15.2. The Bertz CT molecular complexity index is 710. The van der Waals surface area contributed by atoms with Crippen molar-refractivity contribution in [2.75, 3.05) is 0 Å². The summed E-state index contributed by atoms with van der Waals surface area (Å²) in [6, 6.07) is 15.5. The van der Waals surface area contributed by atoms with E-state index in [1.54, 1.807) is 48.5 Å². The van der Waals surface area contributed by atoms with Gasteiger partial charge in [-0.05, 0) is 23.3 Å². The molecule has 21 heavy (non-hydrogen) atoms. The topological polar surface area (TPSA) is 89.3 Å². The molecule has 0 unspecified atom stereocenters. The van der Waals surface area contributed by atoms with Gasteiger partial charge in [-0.1, -0.05) is 42.5 Å². The van der Waals surface area contributed by atoms with Crippen LogP contribution in [0.4, 0.5) is 0 Å². The highest BCUT2D eigenvalue weighted by Crippen LogP contribution is 2.07. The first-order valence-corrected chi connectivity index (χ1v) is 8.01. The van der Waals surface area contributed by atoms with Gasteiger partial charge in [-0.3, -0.25) is 4.79 Å². The zero-order chi connectivity index (χ0) is 15.3. The molecule has 2 aromatic carbocycles. The fourth-order valence-electron chi connectivity index (χ4n) is 1.82. The van der Waals surface area contributed by atoms with Crippen LogP contribution in [0.3, 0.4) is 0 Å². The van der Waals surface area contributed by atoms with Gasteiger partial charge in [0.1, 0.15) is 0 Å². The second kappa shape index (κ2) is 6.51. The summed E-state index contributed by atoms with van der Waals surface area (Å²) in [5, 5.41) is 0. The minimum atomic E-state index is -3.40. The minimum absolute atomic E-state index is 0.0623. The molecule has 110 valence electrons. The number of amides is 1. The van der Waals surface area contributed by atoms with E-state index in [4.69, 9.17) is 5.73 Å². The van der Waals surface area contributed by atoms with Crippen LogP contribution in [0, 0.1) is 0 Å². The third-order valence-electron chi connectivity index (χ3n) is 2.93. The highest BCUT2D eigenvalue weighted by molar-refractivity contribution is 7.88. The van der Waals surface area contributed by atoms with Crippen molar-refractivity contribution in [2.24, 2.45) is 5.73 Å². The number of primary amides is 1. The molecule has 1 amide bonds. The maximum atomic E-state index is 12.0. The number of carbonyl (C=O) groups is 1. The molecular weight excluding hydrogens is 288 g/mol. The monoisotopic (exact) mass is 304 g/mol. The summed E-state index contributed by atoms with van der Waals surface area (Å²) in [6.45, 7) is 0.175. The molecule has 0 saturated heterocycles. The maximum Gasteiger partial charge on any atom is 0.248 e. The zero-order valence-electron chi connectivity index (χ0n) is 11.3. The van der Waals surface area contributed by atoms with Crippen LogP contribution in [0.15, 0.2) is 54.6 Å². The number of hydrogen-bond acceptors (Lipinski definition) is 3. The van der Waals surface area contributed by atoms with Crippen molar-refractivity contribution in [1.29, 1.82) is 0 Å². The average Bonchev–Trinajstić information content (AvgIpc) is 2.46. The predicted octanol–water partition coefficient (Wildman–Crippen LogP) is 1.41. The normalized spacial score (nSPS) is 11.2. The molecule has 0 spiro atoms. The Hall–Kier alpha value is -2.18. The molecule has 2 rings (SSSR count). The number of rotatable bonds is 6. The summed E-state index contributed by atoms with van der Waals surface area (Å²) in [7, 11) is -3.40. The van der Waals surface area contributed by atoms with Crippen molar-refractivity contribution >= 4 is 15.9 Å². The van der Waals surface area contributed by atoms with E-state index in [9.17, 15) is 13.2 Å². The zero-order valence-corrected chi connectivity index (χ0v) is 12.1. The summed E-state index contributed by atoms with van der Waals surface area (Å²) < 4.78 is 26.5. The lowest BCUT2D eigenvalue weighted by molar-refractivity contribution is 0.100. The Labute approximate surface area is 123 Å². The van der Waals surface area contributed by atoms with E-state index < -0.39 is 15.9 Å². The third-order valence-corrected chi connectivity index (χ3v) is 4.23. The molecule has 0 radical (unpaired) electrons. The second-order valence-corrected chi connectivity index (χ2v) is 6.43. The van der Waals surface area contributed by atoms with E-state index >= 15 is 0 Å². The molecule has 0 aliphatic rings. The lowest BCUT2D eigenvalue weighted by atomic mass is 10.1. The minimum Gasteiger partial charge on any atom is -0.366 e. The van der Waals surface area contributed by atoms with Gasteiger partial charge < -0.3 is 5.73 Å². The van der Waals surface area contributed by atoms with Gasteiger partial charge in [-0.2, -0.15) is 0 Å². The molecular formula is C15H16N2O3S. The van der Waals surface area contributed by atoms with Gasteiger partial charge in [-0.25, -0.2) is 13.1 Å². The van der Waals surface area contributed by atoms with Crippen LogP contribution in [0.25, 0.3) is 0 Å². The molecule has 5 nitrogen and oxygen atoms in total. The first-order valence-electron chi connectivity index (χ1n) is 6.36. The molecule has 0 aliphatic heterocycles. The molecule has 0 saturated carbocycles. The largest absolute Gasteiger partial charge is 0.366 e. The van der Waals surface area contributed by atoms with E-state index in [-0.39, 0.29) is 12.3 Å². The van der Waals surface area contributed by atoms with Crippen molar-refractivity contribution < 1.29 is 13.2 Å². The average molecular weight is 304 g/mol. The van der Waals surface area contributed by atoms with Crippen molar-refractivity contribution in [3.63, 3.8) is 0 Å². The van der Waals surface area contributed by atoms with Gasteiger partial charge in [0.05, 0.1) is 5.75 Å². The number of sulfonamides is 1. The lowest BCUT2D eigenvalue weighted by Crippen LogP contribution is -2.24. The fraction of sp³-hybridized carbons (Fsp3) is 0.133. The van der Waals surface area contributed by atoms with Crippen LogP contribution in [-0.2, 0) is 22.3 Å². The van der Waals surface area contributed by atoms with Gasteiger partial charge in [-0.15, -0.1) is 0 Å². The van der Waals surface area contributed by atoms with Gasteiger partial charge in [0.2, 0.25) is 15.9 Å². The van der Waals surface area contributed by atoms with Crippen LogP contribution < -0.4 is 10.5 Å². The van der Waals surface area contributed by atoms with Crippen molar-refractivity contribution in [1.82, 2.24) is 4.72 Å². The lowest BCUT2D eigenvalue weighted by Gasteiger charge is -2.07. The summed E-state index contributed by atoms with van der Waals surface area (Å²) in [5.74, 6) is -0.570. The second-order valence-electron chi connectivity index (χ2n) is 4.63. The van der Waals surface area contributed by atoms with Gasteiger partial charge in [0, 0.05) is 12.1 Å². The molecule has 0 heterocycles. The van der Waals surface area contributed by atoms with Crippen molar-refractivity contribution in [2.45, 2.75) is 12.3 Å². The van der Waals surface area contributed by atoms with E-state index in [2.05, 4.69) is 4.72 Å². The molecule has 2 aromatic rings. The number of hydrogen-bond donors (Lipinski definition) is 2. The van der Waals surface area contributed by atoms with E-state index in [0.717, 1.165) is 11.1 Å². The Morgan fingerprint density at radius 1 is 0.952 bits per heavy atom. The molecule has 6 heteroatoms. The summed E-state index contributed by atoms with van der Waals surface area (Å²) in [4.78, 5) is 10.9. The summed E-state index contributed by atoms with van der Waals surface area (Å²) >= 11 is 0. The van der Waals surface area contributed by atoms with Gasteiger partial charge in [0.15, 0.2) is 0 Å². The fourth-order valence-corrected chi connectivity index (χ4v) is 2.94. The third kappa shape index (κ3) is 4.70. The molecule has 0 aliphatic carbocycles. The SMILES string of the molecule is NC(=O)c1ccc(CNS(=O)(=O)Cc2ccccc2)cc1. The standard InChI is InChI=1S/C15H16N2O3S/c16-15(18)14-8-6-12(7-9-14)10-17-21(19,20)11-13-4-2-1-3-5-13/h1-9,17H,10-11H2,(H2,16,18). The van der Waals surface area contributed by atoms with Gasteiger partial charge >= 0.3 is 0 Å². The molecule has 0 atom stereocenters. The number of nitrogens with one attached hydrogen (secondary N) is 1. The summed E-state index contributed by atoms with van der Waals surface area (Å²) in [6.07, 6.45) is 0. The number of nitrogens with two attached hydrogens (primary N) is 1. The van der Waals surface area contributed by atoms with Crippen LogP contribution in [-0.4, -0.2) is 14.3 Å². The highest BCUT2D eigenvalue weighted by Gasteiger charge is 2.11. The Kier molecular flexibility index (Phi) is 4.72. The molecule has 0 bridgehead atoms. The molecule has 0 aromatic heterocycles. The van der Waals surface area contributed by atoms with E-state index in [1.165, 1.54) is 0 Å². The van der Waals surface area contributed by atoms with Crippen LogP contribution in [0.2, 0.25) is 0 Å².